The maximum absolute atomic E-state index is 7.88. The molecule has 0 atom stereocenters. The van der Waals surface area contributed by atoms with Gasteiger partial charge in [0.15, 0.2) is 0 Å². The fourth-order valence-electron chi connectivity index (χ4n) is 0. The van der Waals surface area contributed by atoms with Gasteiger partial charge in [0, 0.05) is 13.2 Å². The van der Waals surface area contributed by atoms with Crippen molar-refractivity contribution in [3.05, 3.63) is 13.8 Å². The molecule has 0 aliphatic carbocycles. The second-order valence-electron chi connectivity index (χ2n) is 1.45. The van der Waals surface area contributed by atoms with Gasteiger partial charge in [-0.25, -0.2) is 0 Å². The summed E-state index contributed by atoms with van der Waals surface area (Å²) in [5.41, 5.74) is 0. The van der Waals surface area contributed by atoms with E-state index in [2.05, 4.69) is 13.8 Å². The van der Waals surface area contributed by atoms with Gasteiger partial charge >= 0.3 is 21.7 Å². The second kappa shape index (κ2) is 79.6. The smallest absolute Gasteiger partial charge is 0.396 e. The van der Waals surface area contributed by atoms with Gasteiger partial charge in [-0.1, -0.05) is 13.8 Å². The van der Waals surface area contributed by atoms with Crippen molar-refractivity contribution < 1.29 is 31.9 Å². The fraction of sp³-hybridized carbons (Fsp3) is 0.800. The summed E-state index contributed by atoms with van der Waals surface area (Å²) in [5.74, 6) is 0. The molecule has 0 aliphatic heterocycles. The normalized spacial score (nSPS) is 5.54. The topological polar surface area (TPSA) is 40.5 Å². The minimum atomic E-state index is 0. The van der Waals surface area contributed by atoms with Crippen molar-refractivity contribution >= 4 is 0 Å². The molecular formula is C10H26O2Ti. The first-order chi connectivity index (χ1) is 5.83. The second-order valence-corrected chi connectivity index (χ2v) is 1.45. The molecule has 0 aromatic rings. The predicted molar refractivity (Wildman–Crippen MR) is 56.8 cm³/mol. The fourth-order valence-corrected chi connectivity index (χ4v) is 0. The molecule has 0 saturated heterocycles. The minimum absolute atomic E-state index is 0. The number of rotatable bonds is 2. The van der Waals surface area contributed by atoms with E-state index >= 15 is 0 Å². The Balaban J connectivity index is -0.0000000226. The molecule has 0 fully saturated rings. The average molecular weight is 226 g/mol. The summed E-state index contributed by atoms with van der Waals surface area (Å²) in [7, 11) is 0. The summed E-state index contributed by atoms with van der Waals surface area (Å²) in [6.45, 7) is 14.5. The first-order valence-electron chi connectivity index (χ1n) is 4.46. The summed E-state index contributed by atoms with van der Waals surface area (Å²) < 4.78 is 0. The van der Waals surface area contributed by atoms with Crippen molar-refractivity contribution in [3.63, 3.8) is 0 Å². The number of hydrogen-bond donors (Lipinski definition) is 2. The third-order valence-electron chi connectivity index (χ3n) is 0.447. The molecule has 2 N–H and O–H groups in total. The molecule has 13 heavy (non-hydrogen) atoms. The van der Waals surface area contributed by atoms with Gasteiger partial charge in [0.25, 0.3) is 0 Å². The zero-order valence-electron chi connectivity index (χ0n) is 9.64. The van der Waals surface area contributed by atoms with E-state index in [-0.39, 0.29) is 21.7 Å². The molecule has 0 aromatic carbocycles. The third-order valence-corrected chi connectivity index (χ3v) is 0.447. The molecule has 82 valence electrons. The van der Waals surface area contributed by atoms with Gasteiger partial charge in [-0.05, 0) is 12.8 Å². The summed E-state index contributed by atoms with van der Waals surface area (Å²) >= 11 is 0. The molecule has 0 radical (unpaired) electrons. The van der Waals surface area contributed by atoms with Crippen LogP contribution in [0.2, 0.25) is 0 Å². The maximum atomic E-state index is 7.88. The Hall–Kier alpha value is 0.634. The Bertz CT molecular complexity index is 20.9. The van der Waals surface area contributed by atoms with Crippen molar-refractivity contribution in [2.75, 3.05) is 13.2 Å². The Morgan fingerprint density at radius 2 is 0.846 bits per heavy atom. The van der Waals surface area contributed by atoms with E-state index in [0.717, 1.165) is 12.8 Å². The molecule has 0 bridgehead atoms. The van der Waals surface area contributed by atoms with Gasteiger partial charge in [0.1, 0.15) is 0 Å². The molecule has 0 unspecified atom stereocenters. The van der Waals surface area contributed by atoms with Crippen molar-refractivity contribution in [2.24, 2.45) is 0 Å². The largest absolute Gasteiger partial charge is 2.00 e. The zero-order valence-corrected chi connectivity index (χ0v) is 11.2. The van der Waals surface area contributed by atoms with Crippen LogP contribution in [0.1, 0.15) is 40.5 Å². The van der Waals surface area contributed by atoms with Crippen LogP contribution in [0.4, 0.5) is 0 Å². The van der Waals surface area contributed by atoms with Gasteiger partial charge in [-0.15, -0.1) is 0 Å². The summed E-state index contributed by atoms with van der Waals surface area (Å²) in [4.78, 5) is 0. The zero-order chi connectivity index (χ0) is 10.8. The molecule has 0 spiro atoms. The van der Waals surface area contributed by atoms with Gasteiger partial charge < -0.3 is 24.1 Å². The molecule has 0 heterocycles. The van der Waals surface area contributed by atoms with Crippen LogP contribution < -0.4 is 0 Å². The van der Waals surface area contributed by atoms with Crippen molar-refractivity contribution in [1.29, 1.82) is 0 Å². The monoisotopic (exact) mass is 226 g/mol. The van der Waals surface area contributed by atoms with Crippen molar-refractivity contribution in [3.8, 4) is 0 Å². The van der Waals surface area contributed by atoms with Crippen LogP contribution in [-0.2, 0) is 21.7 Å². The van der Waals surface area contributed by atoms with Crippen LogP contribution in [0.3, 0.4) is 0 Å². The number of aliphatic hydroxyl groups is 2. The van der Waals surface area contributed by atoms with Crippen LogP contribution in [0.5, 0.6) is 0 Å². The molecule has 0 aliphatic rings. The van der Waals surface area contributed by atoms with E-state index in [0.29, 0.717) is 13.2 Å². The molecule has 0 aromatic heterocycles. The summed E-state index contributed by atoms with van der Waals surface area (Å²) in [5, 5.41) is 15.8. The Morgan fingerprint density at radius 3 is 0.846 bits per heavy atom. The standard InChI is InChI=1S/2C3H8O.2C2H5.Ti/c2*1-2-3-4;2*1-2;/h2*4H,2-3H2,1H3;2*1H2,2H3;/q;;2*-1;+2. The minimum Gasteiger partial charge on any atom is -0.396 e. The predicted octanol–water partition coefficient (Wildman–Crippen LogP) is 2.46. The number of hydrogen-bond acceptors (Lipinski definition) is 2. The first kappa shape index (κ1) is 29.2. The Kier molecular flexibility index (Phi) is 179. The summed E-state index contributed by atoms with van der Waals surface area (Å²) in [6.07, 6.45) is 1.75. The van der Waals surface area contributed by atoms with Crippen LogP contribution >= 0.6 is 0 Å². The Labute approximate surface area is 99.6 Å². The quantitative estimate of drug-likeness (QED) is 0.561. The van der Waals surface area contributed by atoms with Crippen molar-refractivity contribution in [1.82, 2.24) is 0 Å². The first-order valence-corrected chi connectivity index (χ1v) is 4.46. The van der Waals surface area contributed by atoms with E-state index in [9.17, 15) is 0 Å². The van der Waals surface area contributed by atoms with E-state index in [1.54, 1.807) is 13.8 Å². The average Bonchev–Trinajstić information content (AvgIpc) is 2.23. The molecule has 3 heteroatoms. The van der Waals surface area contributed by atoms with E-state index in [1.165, 1.54) is 0 Å². The van der Waals surface area contributed by atoms with E-state index in [4.69, 9.17) is 10.2 Å². The van der Waals surface area contributed by atoms with Gasteiger partial charge in [0.05, 0.1) is 0 Å². The van der Waals surface area contributed by atoms with E-state index < -0.39 is 0 Å². The van der Waals surface area contributed by atoms with E-state index in [1.807, 2.05) is 13.8 Å². The molecule has 0 rings (SSSR count). The SMILES string of the molecule is CCCO.CCCO.[CH2-]C.[CH2-]C.[Ti+2]. The van der Waals surface area contributed by atoms with Gasteiger partial charge in [-0.3, -0.25) is 0 Å². The van der Waals surface area contributed by atoms with Crippen LogP contribution in [0.25, 0.3) is 0 Å². The number of aliphatic hydroxyl groups excluding tert-OH is 2. The van der Waals surface area contributed by atoms with Gasteiger partial charge in [-0.2, -0.15) is 13.8 Å². The van der Waals surface area contributed by atoms with Crippen molar-refractivity contribution in [2.45, 2.75) is 40.5 Å². The Morgan fingerprint density at radius 1 is 0.769 bits per heavy atom. The molecule has 0 saturated carbocycles. The van der Waals surface area contributed by atoms with Crippen LogP contribution in [0, 0.1) is 13.8 Å². The molecular weight excluding hydrogens is 200 g/mol. The molecule has 2 nitrogen and oxygen atoms in total. The van der Waals surface area contributed by atoms with Crippen LogP contribution in [0.15, 0.2) is 0 Å². The third kappa shape index (κ3) is 206. The van der Waals surface area contributed by atoms with Gasteiger partial charge in [0.2, 0.25) is 0 Å². The summed E-state index contributed by atoms with van der Waals surface area (Å²) in [6, 6.07) is 0. The maximum Gasteiger partial charge on any atom is 2.00 e. The van der Waals surface area contributed by atoms with Crippen LogP contribution in [-0.4, -0.2) is 23.4 Å². The molecule has 0 amide bonds.